The highest BCUT2D eigenvalue weighted by Crippen LogP contribution is 2.16. The van der Waals surface area contributed by atoms with Crippen molar-refractivity contribution >= 4 is 5.97 Å². The summed E-state index contributed by atoms with van der Waals surface area (Å²) in [6.07, 6.45) is 0. The quantitative estimate of drug-likeness (QED) is 0.773. The van der Waals surface area contributed by atoms with Crippen molar-refractivity contribution in [2.45, 2.75) is 26.8 Å². The van der Waals surface area contributed by atoms with Gasteiger partial charge in [-0.1, -0.05) is 12.1 Å². The molecule has 0 aromatic heterocycles. The van der Waals surface area contributed by atoms with Gasteiger partial charge in [0, 0.05) is 6.04 Å². The van der Waals surface area contributed by atoms with Gasteiger partial charge >= 0.3 is 5.97 Å². The first-order chi connectivity index (χ1) is 7.06. The van der Waals surface area contributed by atoms with E-state index in [2.05, 4.69) is 0 Å². The lowest BCUT2D eigenvalue weighted by molar-refractivity contribution is 0.0525. The van der Waals surface area contributed by atoms with Crippen LogP contribution in [0.1, 0.15) is 41.4 Å². The molecule has 3 heteroatoms. The Morgan fingerprint density at radius 1 is 1.53 bits per heavy atom. The lowest BCUT2D eigenvalue weighted by Crippen LogP contribution is -2.09. The molecule has 0 fully saturated rings. The Kier molecular flexibility index (Phi) is 3.86. The van der Waals surface area contributed by atoms with Gasteiger partial charge in [0.05, 0.1) is 12.2 Å². The maximum Gasteiger partial charge on any atom is 0.338 e. The number of ether oxygens (including phenoxy) is 1. The zero-order chi connectivity index (χ0) is 11.4. The van der Waals surface area contributed by atoms with Gasteiger partial charge in [0.2, 0.25) is 0 Å². The van der Waals surface area contributed by atoms with E-state index < -0.39 is 0 Å². The van der Waals surface area contributed by atoms with E-state index in [0.29, 0.717) is 12.2 Å². The first kappa shape index (κ1) is 11.7. The van der Waals surface area contributed by atoms with Gasteiger partial charge in [0.25, 0.3) is 0 Å². The fourth-order valence-electron chi connectivity index (χ4n) is 1.41. The predicted molar refractivity (Wildman–Crippen MR) is 59.7 cm³/mol. The van der Waals surface area contributed by atoms with Gasteiger partial charge in [-0.3, -0.25) is 0 Å². The monoisotopic (exact) mass is 207 g/mol. The summed E-state index contributed by atoms with van der Waals surface area (Å²) in [5.41, 5.74) is 8.30. The van der Waals surface area contributed by atoms with Crippen molar-refractivity contribution in [1.29, 1.82) is 0 Å². The zero-order valence-corrected chi connectivity index (χ0v) is 9.41. The number of aryl methyl sites for hydroxylation is 1. The molecule has 0 saturated carbocycles. The van der Waals surface area contributed by atoms with E-state index in [4.69, 9.17) is 10.5 Å². The van der Waals surface area contributed by atoms with Crippen molar-refractivity contribution in [3.8, 4) is 0 Å². The van der Waals surface area contributed by atoms with E-state index in [1.807, 2.05) is 26.0 Å². The molecule has 0 bridgehead atoms. The molecule has 2 N–H and O–H groups in total. The van der Waals surface area contributed by atoms with E-state index in [1.54, 1.807) is 13.0 Å². The van der Waals surface area contributed by atoms with Gasteiger partial charge in [0.1, 0.15) is 0 Å². The van der Waals surface area contributed by atoms with Crippen LogP contribution >= 0.6 is 0 Å². The summed E-state index contributed by atoms with van der Waals surface area (Å²) in [7, 11) is 0. The van der Waals surface area contributed by atoms with E-state index in [9.17, 15) is 4.79 Å². The highest BCUT2D eigenvalue weighted by atomic mass is 16.5. The molecule has 0 heterocycles. The van der Waals surface area contributed by atoms with Crippen molar-refractivity contribution < 1.29 is 9.53 Å². The molecule has 1 aromatic carbocycles. The van der Waals surface area contributed by atoms with Crippen LogP contribution in [0.4, 0.5) is 0 Å². The maximum atomic E-state index is 11.5. The average molecular weight is 207 g/mol. The maximum absolute atomic E-state index is 11.5. The fraction of sp³-hybridized carbons (Fsp3) is 0.417. The molecular weight excluding hydrogens is 190 g/mol. The summed E-state index contributed by atoms with van der Waals surface area (Å²) in [6, 6.07) is 5.55. The Bertz CT molecular complexity index is 359. The molecule has 0 aliphatic carbocycles. The Balaban J connectivity index is 2.98. The van der Waals surface area contributed by atoms with Crippen LogP contribution in [-0.4, -0.2) is 12.6 Å². The van der Waals surface area contributed by atoms with Gasteiger partial charge in [-0.25, -0.2) is 4.79 Å². The molecule has 15 heavy (non-hydrogen) atoms. The van der Waals surface area contributed by atoms with Crippen molar-refractivity contribution in [1.82, 2.24) is 0 Å². The van der Waals surface area contributed by atoms with E-state index in [-0.39, 0.29) is 12.0 Å². The molecule has 0 aliphatic heterocycles. The number of hydrogen-bond donors (Lipinski definition) is 1. The minimum absolute atomic E-state index is 0.0139. The number of hydrogen-bond acceptors (Lipinski definition) is 3. The normalized spacial score (nSPS) is 12.3. The molecule has 82 valence electrons. The highest BCUT2D eigenvalue weighted by molar-refractivity contribution is 5.91. The third-order valence-corrected chi connectivity index (χ3v) is 2.27. The van der Waals surface area contributed by atoms with Crippen LogP contribution in [0.2, 0.25) is 0 Å². The molecule has 1 atom stereocenters. The van der Waals surface area contributed by atoms with Crippen molar-refractivity contribution in [2.24, 2.45) is 5.73 Å². The van der Waals surface area contributed by atoms with Crippen LogP contribution in [0.15, 0.2) is 18.2 Å². The molecule has 0 aliphatic rings. The Morgan fingerprint density at radius 3 is 2.67 bits per heavy atom. The first-order valence-corrected chi connectivity index (χ1v) is 5.09. The lowest BCUT2D eigenvalue weighted by atomic mass is 10.0. The van der Waals surface area contributed by atoms with Gasteiger partial charge < -0.3 is 10.5 Å². The number of benzene rings is 1. The third kappa shape index (κ3) is 2.80. The van der Waals surface area contributed by atoms with Gasteiger partial charge in [-0.05, 0) is 38.0 Å². The molecule has 0 saturated heterocycles. The minimum atomic E-state index is -0.272. The zero-order valence-electron chi connectivity index (χ0n) is 9.41. The van der Waals surface area contributed by atoms with E-state index >= 15 is 0 Å². The molecule has 3 nitrogen and oxygen atoms in total. The van der Waals surface area contributed by atoms with Gasteiger partial charge in [0.15, 0.2) is 0 Å². The van der Waals surface area contributed by atoms with Crippen LogP contribution < -0.4 is 5.73 Å². The molecule has 0 unspecified atom stereocenters. The molecular formula is C12H17NO2. The Labute approximate surface area is 90.2 Å². The van der Waals surface area contributed by atoms with E-state index in [1.165, 1.54) is 0 Å². The number of rotatable bonds is 3. The number of carbonyl (C=O) groups is 1. The van der Waals surface area contributed by atoms with Crippen molar-refractivity contribution in [3.63, 3.8) is 0 Å². The average Bonchev–Trinajstić information content (AvgIpc) is 2.17. The summed E-state index contributed by atoms with van der Waals surface area (Å²) >= 11 is 0. The lowest BCUT2D eigenvalue weighted by Gasteiger charge is -2.10. The largest absolute Gasteiger partial charge is 0.462 e. The smallest absolute Gasteiger partial charge is 0.338 e. The minimum Gasteiger partial charge on any atom is -0.462 e. The predicted octanol–water partition coefficient (Wildman–Crippen LogP) is 2.19. The van der Waals surface area contributed by atoms with Gasteiger partial charge in [-0.2, -0.15) is 0 Å². The standard InChI is InChI=1S/C12H17NO2/c1-4-15-12(14)11-6-5-10(9(3)13)7-8(11)2/h5-7,9H,4,13H2,1-3H3/t9-/m0/s1. The summed E-state index contributed by atoms with van der Waals surface area (Å²) in [5, 5.41) is 0. The number of esters is 1. The van der Waals surface area contributed by atoms with Crippen LogP contribution in [-0.2, 0) is 4.74 Å². The summed E-state index contributed by atoms with van der Waals surface area (Å²) in [4.78, 5) is 11.5. The summed E-state index contributed by atoms with van der Waals surface area (Å²) in [5.74, 6) is -0.272. The number of carbonyl (C=O) groups excluding carboxylic acids is 1. The molecule has 0 spiro atoms. The second-order valence-electron chi connectivity index (χ2n) is 3.58. The Hall–Kier alpha value is -1.35. The molecule has 0 radical (unpaired) electrons. The fourth-order valence-corrected chi connectivity index (χ4v) is 1.41. The van der Waals surface area contributed by atoms with Gasteiger partial charge in [-0.15, -0.1) is 0 Å². The van der Waals surface area contributed by atoms with Crippen LogP contribution in [0.25, 0.3) is 0 Å². The summed E-state index contributed by atoms with van der Waals surface area (Å²) < 4.78 is 4.94. The highest BCUT2D eigenvalue weighted by Gasteiger charge is 2.10. The molecule has 0 amide bonds. The van der Waals surface area contributed by atoms with Crippen LogP contribution in [0, 0.1) is 6.92 Å². The van der Waals surface area contributed by atoms with Crippen molar-refractivity contribution in [3.05, 3.63) is 34.9 Å². The van der Waals surface area contributed by atoms with E-state index in [0.717, 1.165) is 11.1 Å². The second kappa shape index (κ2) is 4.94. The second-order valence-corrected chi connectivity index (χ2v) is 3.58. The SMILES string of the molecule is CCOC(=O)c1ccc([C@H](C)N)cc1C. The summed E-state index contributed by atoms with van der Waals surface area (Å²) in [6.45, 7) is 5.99. The third-order valence-electron chi connectivity index (χ3n) is 2.27. The Morgan fingerprint density at radius 2 is 2.20 bits per heavy atom. The first-order valence-electron chi connectivity index (χ1n) is 5.09. The van der Waals surface area contributed by atoms with Crippen molar-refractivity contribution in [2.75, 3.05) is 6.61 Å². The number of nitrogens with two attached hydrogens (primary N) is 1. The molecule has 1 rings (SSSR count). The topological polar surface area (TPSA) is 52.3 Å². The van der Waals surface area contributed by atoms with Crippen LogP contribution in [0.3, 0.4) is 0 Å². The molecule has 1 aromatic rings. The van der Waals surface area contributed by atoms with Crippen LogP contribution in [0.5, 0.6) is 0 Å².